The number of piperidine rings is 1. The van der Waals surface area contributed by atoms with Gasteiger partial charge < -0.3 is 11.1 Å². The van der Waals surface area contributed by atoms with Crippen LogP contribution in [0.4, 0.5) is 15.1 Å². The van der Waals surface area contributed by atoms with Crippen LogP contribution in [0, 0.1) is 12.7 Å². The summed E-state index contributed by atoms with van der Waals surface area (Å²) in [6.07, 6.45) is 4.02. The van der Waals surface area contributed by atoms with Gasteiger partial charge in [0.05, 0.1) is 20.4 Å². The number of nitrogens with one attached hydrogen (secondary N) is 1. The normalized spacial score (nSPS) is 16.2. The Hall–Kier alpha value is -1.83. The molecule has 25 heavy (non-hydrogen) atoms. The summed E-state index contributed by atoms with van der Waals surface area (Å²) in [5.41, 5.74) is 8.09. The van der Waals surface area contributed by atoms with Crippen LogP contribution in [0.5, 0.6) is 0 Å². The van der Waals surface area contributed by atoms with Crippen molar-refractivity contribution < 1.29 is 4.39 Å². The van der Waals surface area contributed by atoms with E-state index in [4.69, 9.17) is 5.73 Å². The average Bonchev–Trinajstić information content (AvgIpc) is 3.16. The molecule has 7 heteroatoms. The van der Waals surface area contributed by atoms with Crippen LogP contribution in [0.25, 0.3) is 10.2 Å². The highest BCUT2D eigenvalue weighted by Crippen LogP contribution is 2.35. The SMILES string of the molecule is Cc1nc2c(F)cc(N=Cc3cc(C4CCNCC4)sc3N)cc2s1. The molecule has 1 saturated heterocycles. The van der Waals surface area contributed by atoms with Crippen LogP contribution in [0.1, 0.15) is 34.2 Å². The molecule has 1 fully saturated rings. The lowest BCUT2D eigenvalue weighted by Crippen LogP contribution is -2.26. The molecule has 130 valence electrons. The molecule has 0 amide bonds. The zero-order valence-electron chi connectivity index (χ0n) is 13.9. The number of nitrogen functional groups attached to an aromatic ring is 1. The standard InChI is InChI=1S/C18H19FN4S2/c1-10-23-17-14(19)7-13(8-16(17)24-10)22-9-12-6-15(25-18(12)20)11-2-4-21-5-3-11/h6-9,11,21H,2-5,20H2,1H3. The van der Waals surface area contributed by atoms with Gasteiger partial charge in [-0.3, -0.25) is 4.99 Å². The van der Waals surface area contributed by atoms with Gasteiger partial charge in [-0.25, -0.2) is 9.37 Å². The number of hydrogen-bond donors (Lipinski definition) is 2. The molecule has 3 aromatic rings. The number of anilines is 1. The second-order valence-electron chi connectivity index (χ2n) is 6.26. The van der Waals surface area contributed by atoms with E-state index in [1.807, 2.05) is 13.0 Å². The highest BCUT2D eigenvalue weighted by Gasteiger charge is 2.18. The largest absolute Gasteiger partial charge is 0.390 e. The van der Waals surface area contributed by atoms with E-state index in [1.54, 1.807) is 17.6 Å². The molecule has 0 atom stereocenters. The van der Waals surface area contributed by atoms with E-state index < -0.39 is 0 Å². The van der Waals surface area contributed by atoms with E-state index in [0.29, 0.717) is 17.1 Å². The number of aliphatic imine (C=N–C) groups is 1. The van der Waals surface area contributed by atoms with E-state index in [-0.39, 0.29) is 5.82 Å². The van der Waals surface area contributed by atoms with Gasteiger partial charge >= 0.3 is 0 Å². The van der Waals surface area contributed by atoms with Crippen LogP contribution in [0.15, 0.2) is 23.2 Å². The first-order valence-electron chi connectivity index (χ1n) is 8.31. The van der Waals surface area contributed by atoms with E-state index in [1.165, 1.54) is 22.3 Å². The minimum Gasteiger partial charge on any atom is -0.390 e. The van der Waals surface area contributed by atoms with Crippen molar-refractivity contribution in [3.8, 4) is 0 Å². The predicted octanol–water partition coefficient (Wildman–Crippen LogP) is 4.61. The van der Waals surface area contributed by atoms with Gasteiger partial charge in [-0.05, 0) is 50.9 Å². The van der Waals surface area contributed by atoms with Crippen molar-refractivity contribution in [3.63, 3.8) is 0 Å². The van der Waals surface area contributed by atoms with Crippen molar-refractivity contribution in [2.24, 2.45) is 4.99 Å². The molecule has 0 aliphatic carbocycles. The minimum atomic E-state index is -0.331. The highest BCUT2D eigenvalue weighted by molar-refractivity contribution is 7.18. The van der Waals surface area contributed by atoms with Gasteiger partial charge in [-0.2, -0.15) is 0 Å². The summed E-state index contributed by atoms with van der Waals surface area (Å²) < 4.78 is 15.0. The molecule has 3 N–H and O–H groups in total. The van der Waals surface area contributed by atoms with Gasteiger partial charge in [0.1, 0.15) is 5.52 Å². The molecule has 0 saturated carbocycles. The zero-order chi connectivity index (χ0) is 17.4. The number of nitrogens with zero attached hydrogens (tertiary/aromatic N) is 2. The number of halogens is 1. The number of aromatic nitrogens is 1. The van der Waals surface area contributed by atoms with Crippen molar-refractivity contribution in [2.45, 2.75) is 25.7 Å². The third-order valence-corrected chi connectivity index (χ3v) is 6.50. The van der Waals surface area contributed by atoms with Gasteiger partial charge in [0.2, 0.25) is 0 Å². The van der Waals surface area contributed by atoms with E-state index in [0.717, 1.165) is 46.2 Å². The van der Waals surface area contributed by atoms with Crippen LogP contribution in [0.3, 0.4) is 0 Å². The summed E-state index contributed by atoms with van der Waals surface area (Å²) in [4.78, 5) is 9.97. The van der Waals surface area contributed by atoms with Gasteiger partial charge in [0.15, 0.2) is 5.82 Å². The summed E-state index contributed by atoms with van der Waals surface area (Å²) in [6, 6.07) is 5.43. The number of nitrogens with two attached hydrogens (primary N) is 1. The molecule has 0 bridgehead atoms. The maximum absolute atomic E-state index is 14.2. The minimum absolute atomic E-state index is 0.331. The average molecular weight is 375 g/mol. The molecule has 1 aromatic carbocycles. The Morgan fingerprint density at radius 1 is 1.28 bits per heavy atom. The Kier molecular flexibility index (Phi) is 4.54. The zero-order valence-corrected chi connectivity index (χ0v) is 15.5. The fourth-order valence-electron chi connectivity index (χ4n) is 3.15. The third kappa shape index (κ3) is 3.44. The van der Waals surface area contributed by atoms with Crippen molar-refractivity contribution in [3.05, 3.63) is 39.5 Å². The quantitative estimate of drug-likeness (QED) is 0.658. The van der Waals surface area contributed by atoms with Crippen molar-refractivity contribution >= 4 is 49.8 Å². The summed E-state index contributed by atoms with van der Waals surface area (Å²) in [5.74, 6) is 0.243. The maximum atomic E-state index is 14.2. The maximum Gasteiger partial charge on any atom is 0.152 e. The lowest BCUT2D eigenvalue weighted by Gasteiger charge is -2.21. The highest BCUT2D eigenvalue weighted by atomic mass is 32.1. The Morgan fingerprint density at radius 2 is 2.08 bits per heavy atom. The van der Waals surface area contributed by atoms with Crippen molar-refractivity contribution in [2.75, 3.05) is 18.8 Å². The third-order valence-electron chi connectivity index (χ3n) is 4.44. The van der Waals surface area contributed by atoms with Gasteiger partial charge in [-0.1, -0.05) is 0 Å². The first kappa shape index (κ1) is 16.6. The molecule has 0 unspecified atom stereocenters. The number of thiophene rings is 1. The summed E-state index contributed by atoms with van der Waals surface area (Å²) in [7, 11) is 0. The number of rotatable bonds is 3. The van der Waals surface area contributed by atoms with Crippen LogP contribution in [-0.4, -0.2) is 24.3 Å². The van der Waals surface area contributed by atoms with Crippen LogP contribution in [-0.2, 0) is 0 Å². The number of hydrogen-bond acceptors (Lipinski definition) is 6. The van der Waals surface area contributed by atoms with Crippen molar-refractivity contribution in [1.82, 2.24) is 10.3 Å². The van der Waals surface area contributed by atoms with Crippen molar-refractivity contribution in [1.29, 1.82) is 0 Å². The van der Waals surface area contributed by atoms with E-state index >= 15 is 0 Å². The predicted molar refractivity (Wildman–Crippen MR) is 105 cm³/mol. The summed E-state index contributed by atoms with van der Waals surface area (Å²) in [5, 5.41) is 5.00. The molecule has 4 rings (SSSR count). The summed E-state index contributed by atoms with van der Waals surface area (Å²) >= 11 is 3.12. The lowest BCUT2D eigenvalue weighted by molar-refractivity contribution is 0.465. The Balaban J connectivity index is 1.60. The molecular weight excluding hydrogens is 355 g/mol. The number of fused-ring (bicyclic) bond motifs is 1. The first-order chi connectivity index (χ1) is 12.1. The Labute approximate surface area is 153 Å². The molecule has 4 nitrogen and oxygen atoms in total. The van der Waals surface area contributed by atoms with E-state index in [9.17, 15) is 4.39 Å². The number of thiazole rings is 1. The lowest BCUT2D eigenvalue weighted by atomic mass is 9.96. The molecule has 0 radical (unpaired) electrons. The molecule has 0 spiro atoms. The summed E-state index contributed by atoms with van der Waals surface area (Å²) in [6.45, 7) is 3.99. The molecule has 1 aliphatic heterocycles. The molecule has 2 aromatic heterocycles. The Bertz CT molecular complexity index is 938. The second-order valence-corrected chi connectivity index (χ2v) is 8.61. The fourth-order valence-corrected chi connectivity index (χ4v) is 5.10. The van der Waals surface area contributed by atoms with Crippen LogP contribution < -0.4 is 11.1 Å². The fraction of sp³-hybridized carbons (Fsp3) is 0.333. The molecule has 3 heterocycles. The Morgan fingerprint density at radius 3 is 2.88 bits per heavy atom. The van der Waals surface area contributed by atoms with Gasteiger partial charge in [0.25, 0.3) is 0 Å². The topological polar surface area (TPSA) is 63.3 Å². The second kappa shape index (κ2) is 6.82. The smallest absolute Gasteiger partial charge is 0.152 e. The molecule has 1 aliphatic rings. The number of benzene rings is 1. The van der Waals surface area contributed by atoms with Crippen LogP contribution >= 0.6 is 22.7 Å². The van der Waals surface area contributed by atoms with Crippen LogP contribution in [0.2, 0.25) is 0 Å². The monoisotopic (exact) mass is 374 g/mol. The van der Waals surface area contributed by atoms with E-state index in [2.05, 4.69) is 21.4 Å². The molecular formula is C18H19FN4S2. The number of aryl methyl sites for hydroxylation is 1. The van der Waals surface area contributed by atoms with Gasteiger partial charge in [-0.15, -0.1) is 22.7 Å². The van der Waals surface area contributed by atoms with Gasteiger partial charge in [0, 0.05) is 22.7 Å². The first-order valence-corrected chi connectivity index (χ1v) is 9.94.